The maximum atomic E-state index is 2.45. The van der Waals surface area contributed by atoms with Gasteiger partial charge in [-0.15, -0.1) is 0 Å². The lowest BCUT2D eigenvalue weighted by Gasteiger charge is -2.27. The molecule has 7 aromatic rings. The van der Waals surface area contributed by atoms with Gasteiger partial charge < -0.3 is 9.47 Å². The number of anilines is 2. The minimum Gasteiger partial charge on any atom is -0.337 e. The summed E-state index contributed by atoms with van der Waals surface area (Å²) in [6, 6.07) is 55.1. The molecule has 0 aliphatic heterocycles. The number of benzene rings is 6. The van der Waals surface area contributed by atoms with E-state index < -0.39 is 0 Å². The molecule has 242 valence electrons. The van der Waals surface area contributed by atoms with Gasteiger partial charge in [-0.1, -0.05) is 140 Å². The second-order valence-corrected chi connectivity index (χ2v) is 12.8. The van der Waals surface area contributed by atoms with Crippen LogP contribution in [0.25, 0.3) is 55.3 Å². The maximum Gasteiger partial charge on any atom is 0.0538 e. The average Bonchev–Trinajstić information content (AvgIpc) is 3.53. The topological polar surface area (TPSA) is 8.17 Å². The SMILES string of the molecule is C/C=C\C=C(/CN(c1ccc(-c2ccccc2)cc1)c1ccc(-c2ccc3c(c2)c2ccccc2n3C2=CC=CCC2)cc1)c1ccccc1. The van der Waals surface area contributed by atoms with Crippen molar-refractivity contribution in [3.05, 3.63) is 194 Å². The van der Waals surface area contributed by atoms with Crippen molar-refractivity contribution in [2.45, 2.75) is 19.8 Å². The van der Waals surface area contributed by atoms with Crippen LogP contribution in [0.4, 0.5) is 11.4 Å². The van der Waals surface area contributed by atoms with E-state index in [0.717, 1.165) is 30.8 Å². The Morgan fingerprint density at radius 2 is 1.22 bits per heavy atom. The van der Waals surface area contributed by atoms with E-state index in [9.17, 15) is 0 Å². The first-order valence-corrected chi connectivity index (χ1v) is 17.6. The van der Waals surface area contributed by atoms with Crippen molar-refractivity contribution < 1.29 is 0 Å². The third kappa shape index (κ3) is 6.24. The minimum absolute atomic E-state index is 0.731. The third-order valence-corrected chi connectivity index (χ3v) is 9.71. The van der Waals surface area contributed by atoms with E-state index in [1.807, 2.05) is 0 Å². The molecule has 1 aromatic heterocycles. The molecule has 2 heteroatoms. The lowest BCUT2D eigenvalue weighted by atomic mass is 10.0. The molecule has 8 rings (SSSR count). The van der Waals surface area contributed by atoms with E-state index in [1.165, 1.54) is 60.9 Å². The molecule has 1 heterocycles. The molecule has 0 spiro atoms. The molecule has 0 saturated heterocycles. The quantitative estimate of drug-likeness (QED) is 0.142. The number of allylic oxidation sites excluding steroid dienone is 7. The fourth-order valence-electron chi connectivity index (χ4n) is 7.14. The first-order chi connectivity index (χ1) is 24.8. The average molecular weight is 645 g/mol. The van der Waals surface area contributed by atoms with E-state index in [1.54, 1.807) is 0 Å². The second-order valence-electron chi connectivity index (χ2n) is 12.8. The van der Waals surface area contributed by atoms with Crippen molar-refractivity contribution in [1.29, 1.82) is 0 Å². The molecule has 6 aromatic carbocycles. The Morgan fingerprint density at radius 1 is 0.620 bits per heavy atom. The number of nitrogens with zero attached hydrogens (tertiary/aromatic N) is 2. The van der Waals surface area contributed by atoms with Crippen LogP contribution in [0, 0.1) is 0 Å². The first kappa shape index (κ1) is 31.2. The number of hydrogen-bond acceptors (Lipinski definition) is 1. The van der Waals surface area contributed by atoms with Crippen LogP contribution < -0.4 is 4.90 Å². The van der Waals surface area contributed by atoms with Crippen molar-refractivity contribution in [2.24, 2.45) is 0 Å². The zero-order valence-electron chi connectivity index (χ0n) is 28.4. The van der Waals surface area contributed by atoms with Crippen molar-refractivity contribution in [3.63, 3.8) is 0 Å². The van der Waals surface area contributed by atoms with Crippen LogP contribution >= 0.6 is 0 Å². The minimum atomic E-state index is 0.731. The summed E-state index contributed by atoms with van der Waals surface area (Å²) in [5.41, 5.74) is 13.5. The highest BCUT2D eigenvalue weighted by atomic mass is 15.1. The van der Waals surface area contributed by atoms with Crippen LogP contribution in [0.5, 0.6) is 0 Å². The zero-order valence-corrected chi connectivity index (χ0v) is 28.4. The van der Waals surface area contributed by atoms with E-state index in [0.29, 0.717) is 0 Å². The number of hydrogen-bond donors (Lipinski definition) is 0. The molecule has 0 amide bonds. The second kappa shape index (κ2) is 14.2. The van der Waals surface area contributed by atoms with Gasteiger partial charge in [0.25, 0.3) is 0 Å². The van der Waals surface area contributed by atoms with Gasteiger partial charge in [-0.05, 0) is 102 Å². The Bertz CT molecular complexity index is 2370. The molecule has 0 bridgehead atoms. The summed E-state index contributed by atoms with van der Waals surface area (Å²) in [5, 5.41) is 2.59. The van der Waals surface area contributed by atoms with Gasteiger partial charge in [0, 0.05) is 34.4 Å². The molecular weight excluding hydrogens is 605 g/mol. The standard InChI is InChI=1S/C48H40N2/c1-2-3-15-41(37-18-9-5-10-19-37)35-49(42-29-24-38(25-30-42)36-16-7-4-8-17-36)43-31-26-39(27-32-43)40-28-33-48-46(34-40)45-22-13-14-23-47(45)50(48)44-20-11-6-12-21-44/h2-11,13-20,22-34H,12,21,35H2,1H3/b3-2-,41-15+. The highest BCUT2D eigenvalue weighted by Gasteiger charge is 2.17. The van der Waals surface area contributed by atoms with Gasteiger partial charge in [-0.25, -0.2) is 0 Å². The Labute approximate surface area is 295 Å². The van der Waals surface area contributed by atoms with E-state index in [-0.39, 0.29) is 0 Å². The monoisotopic (exact) mass is 644 g/mol. The predicted molar refractivity (Wildman–Crippen MR) is 216 cm³/mol. The van der Waals surface area contributed by atoms with Crippen molar-refractivity contribution in [1.82, 2.24) is 4.57 Å². The van der Waals surface area contributed by atoms with Crippen LogP contribution in [0.3, 0.4) is 0 Å². The van der Waals surface area contributed by atoms with Crippen LogP contribution in [-0.4, -0.2) is 11.1 Å². The summed E-state index contributed by atoms with van der Waals surface area (Å²) in [6.45, 7) is 2.80. The van der Waals surface area contributed by atoms with Gasteiger partial charge >= 0.3 is 0 Å². The summed E-state index contributed by atoms with van der Waals surface area (Å²) in [4.78, 5) is 2.42. The Morgan fingerprint density at radius 3 is 1.90 bits per heavy atom. The highest BCUT2D eigenvalue weighted by molar-refractivity contribution is 6.11. The summed E-state index contributed by atoms with van der Waals surface area (Å²) < 4.78 is 2.45. The fraction of sp³-hybridized carbons (Fsp3) is 0.0833. The smallest absolute Gasteiger partial charge is 0.0538 e. The molecule has 0 saturated carbocycles. The molecule has 0 fully saturated rings. The van der Waals surface area contributed by atoms with Crippen LogP contribution in [-0.2, 0) is 0 Å². The zero-order chi connectivity index (χ0) is 33.7. The van der Waals surface area contributed by atoms with Gasteiger partial charge in [0.2, 0.25) is 0 Å². The molecular formula is C48H40N2. The van der Waals surface area contributed by atoms with Gasteiger partial charge in [0.1, 0.15) is 0 Å². The molecule has 2 nitrogen and oxygen atoms in total. The summed E-state index contributed by atoms with van der Waals surface area (Å²) in [6.07, 6.45) is 15.3. The lowest BCUT2D eigenvalue weighted by Crippen LogP contribution is -2.19. The van der Waals surface area contributed by atoms with Gasteiger partial charge in [-0.2, -0.15) is 0 Å². The Kier molecular flexibility index (Phi) is 8.83. The molecule has 50 heavy (non-hydrogen) atoms. The van der Waals surface area contributed by atoms with E-state index in [2.05, 4.69) is 205 Å². The van der Waals surface area contributed by atoms with Crippen LogP contribution in [0.15, 0.2) is 188 Å². The Balaban J connectivity index is 1.17. The van der Waals surface area contributed by atoms with Crippen molar-refractivity contribution in [2.75, 3.05) is 11.4 Å². The fourth-order valence-corrected chi connectivity index (χ4v) is 7.14. The summed E-state index contributed by atoms with van der Waals surface area (Å²) >= 11 is 0. The third-order valence-electron chi connectivity index (χ3n) is 9.71. The predicted octanol–water partition coefficient (Wildman–Crippen LogP) is 13.1. The number of para-hydroxylation sites is 1. The van der Waals surface area contributed by atoms with Crippen molar-refractivity contribution >= 4 is 44.5 Å². The summed E-state index contributed by atoms with van der Waals surface area (Å²) in [7, 11) is 0. The van der Waals surface area contributed by atoms with Crippen LogP contribution in [0.2, 0.25) is 0 Å². The van der Waals surface area contributed by atoms with Crippen molar-refractivity contribution in [3.8, 4) is 22.3 Å². The lowest BCUT2D eigenvalue weighted by molar-refractivity contribution is 0.979. The normalized spacial score (nSPS) is 13.3. The van der Waals surface area contributed by atoms with Crippen LogP contribution in [0.1, 0.15) is 25.3 Å². The van der Waals surface area contributed by atoms with E-state index >= 15 is 0 Å². The molecule has 1 aliphatic rings. The van der Waals surface area contributed by atoms with Gasteiger partial charge in [0.05, 0.1) is 11.0 Å². The first-order valence-electron chi connectivity index (χ1n) is 17.6. The largest absolute Gasteiger partial charge is 0.337 e. The van der Waals surface area contributed by atoms with E-state index in [4.69, 9.17) is 0 Å². The highest BCUT2D eigenvalue weighted by Crippen LogP contribution is 2.37. The molecule has 0 N–H and O–H groups in total. The number of rotatable bonds is 9. The number of aromatic nitrogens is 1. The molecule has 0 radical (unpaired) electrons. The molecule has 0 unspecified atom stereocenters. The van der Waals surface area contributed by atoms with Gasteiger partial charge in [-0.3, -0.25) is 0 Å². The molecule has 1 aliphatic carbocycles. The maximum absolute atomic E-state index is 2.45. The van der Waals surface area contributed by atoms with Gasteiger partial charge in [0.15, 0.2) is 0 Å². The molecule has 0 atom stereocenters. The Hall–Kier alpha value is -6.12. The summed E-state index contributed by atoms with van der Waals surface area (Å²) in [5.74, 6) is 0. The number of fused-ring (bicyclic) bond motifs is 3.